The van der Waals surface area contributed by atoms with Crippen molar-refractivity contribution >= 4 is 11.9 Å². The van der Waals surface area contributed by atoms with E-state index < -0.39 is 0 Å². The van der Waals surface area contributed by atoms with Crippen molar-refractivity contribution in [2.45, 2.75) is 40.0 Å². The third-order valence-electron chi connectivity index (χ3n) is 5.16. The zero-order chi connectivity index (χ0) is 19.3. The summed E-state index contributed by atoms with van der Waals surface area (Å²) < 4.78 is 0. The second-order valence-electron chi connectivity index (χ2n) is 7.06. The van der Waals surface area contributed by atoms with Gasteiger partial charge in [-0.25, -0.2) is 9.97 Å². The average Bonchev–Trinajstić information content (AvgIpc) is 2.73. The predicted octanol–water partition coefficient (Wildman–Crippen LogP) is 1.98. The number of anilines is 1. The highest BCUT2D eigenvalue weighted by Gasteiger charge is 2.18. The van der Waals surface area contributed by atoms with E-state index in [9.17, 15) is 0 Å². The molecule has 1 aromatic rings. The molecule has 152 valence electrons. The monoisotopic (exact) mass is 375 g/mol. The highest BCUT2D eigenvalue weighted by atomic mass is 15.3. The number of nitrogens with one attached hydrogen (secondary N) is 2. The average molecular weight is 376 g/mol. The van der Waals surface area contributed by atoms with Crippen LogP contribution in [0, 0.1) is 5.92 Å². The molecule has 2 N–H and O–H groups in total. The number of nitrogens with zero attached hydrogens (tertiary/aromatic N) is 5. The third kappa shape index (κ3) is 7.71. The van der Waals surface area contributed by atoms with Crippen LogP contribution in [0.1, 0.15) is 40.0 Å². The minimum Gasteiger partial charge on any atom is -0.357 e. The summed E-state index contributed by atoms with van der Waals surface area (Å²) in [5.74, 6) is 2.49. The van der Waals surface area contributed by atoms with Gasteiger partial charge >= 0.3 is 0 Å². The standard InChI is InChI=1S/C20H37N7/c1-4-18(5-2)17-25-19(21-6-3)22-11-8-12-26-13-15-27(16-14-26)20-23-9-7-10-24-20/h7,9-10,18H,4-6,8,11-17H2,1-3H3,(H2,21,22,25). The van der Waals surface area contributed by atoms with Crippen molar-refractivity contribution in [3.05, 3.63) is 18.5 Å². The maximum atomic E-state index is 4.74. The molecule has 0 aromatic carbocycles. The number of hydrogen-bond acceptors (Lipinski definition) is 5. The molecule has 0 bridgehead atoms. The molecule has 2 rings (SSSR count). The molecule has 0 unspecified atom stereocenters. The van der Waals surface area contributed by atoms with E-state index in [0.29, 0.717) is 5.92 Å². The van der Waals surface area contributed by atoms with Gasteiger partial charge in [0, 0.05) is 58.2 Å². The van der Waals surface area contributed by atoms with Gasteiger partial charge in [-0.3, -0.25) is 9.89 Å². The Morgan fingerprint density at radius 3 is 2.41 bits per heavy atom. The van der Waals surface area contributed by atoms with E-state index in [4.69, 9.17) is 4.99 Å². The van der Waals surface area contributed by atoms with E-state index in [0.717, 1.165) is 70.7 Å². The summed E-state index contributed by atoms with van der Waals surface area (Å²) in [7, 11) is 0. The van der Waals surface area contributed by atoms with Crippen molar-refractivity contribution in [1.29, 1.82) is 0 Å². The zero-order valence-electron chi connectivity index (χ0n) is 17.3. The lowest BCUT2D eigenvalue weighted by atomic mass is 10.0. The number of aromatic nitrogens is 2. The smallest absolute Gasteiger partial charge is 0.225 e. The second kappa shape index (κ2) is 12.5. The molecule has 1 aliphatic heterocycles. The van der Waals surface area contributed by atoms with Crippen molar-refractivity contribution in [2.24, 2.45) is 10.9 Å². The Labute approximate surface area is 164 Å². The SMILES string of the molecule is CCNC(=NCC(CC)CC)NCCCN1CCN(c2ncccn2)CC1. The molecule has 27 heavy (non-hydrogen) atoms. The Balaban J connectivity index is 1.64. The van der Waals surface area contributed by atoms with Crippen LogP contribution in [-0.4, -0.2) is 73.2 Å². The van der Waals surface area contributed by atoms with Gasteiger partial charge in [0.15, 0.2) is 5.96 Å². The molecule has 1 aromatic heterocycles. The van der Waals surface area contributed by atoms with Gasteiger partial charge in [0.05, 0.1) is 0 Å². The van der Waals surface area contributed by atoms with Crippen LogP contribution < -0.4 is 15.5 Å². The Bertz CT molecular complexity index is 522. The van der Waals surface area contributed by atoms with Crippen LogP contribution >= 0.6 is 0 Å². The lowest BCUT2D eigenvalue weighted by molar-refractivity contribution is 0.254. The molecule has 0 saturated carbocycles. The van der Waals surface area contributed by atoms with E-state index in [1.807, 2.05) is 18.5 Å². The van der Waals surface area contributed by atoms with Crippen LogP contribution in [0.5, 0.6) is 0 Å². The summed E-state index contributed by atoms with van der Waals surface area (Å²) in [6.07, 6.45) is 7.14. The summed E-state index contributed by atoms with van der Waals surface area (Å²) in [5.41, 5.74) is 0. The highest BCUT2D eigenvalue weighted by Crippen LogP contribution is 2.10. The zero-order valence-corrected chi connectivity index (χ0v) is 17.3. The fraction of sp³-hybridized carbons (Fsp3) is 0.750. The molecule has 2 heterocycles. The molecule has 0 aliphatic carbocycles. The normalized spacial score (nSPS) is 16.0. The third-order valence-corrected chi connectivity index (χ3v) is 5.16. The van der Waals surface area contributed by atoms with Gasteiger partial charge in [-0.15, -0.1) is 0 Å². The molecule has 7 heteroatoms. The summed E-state index contributed by atoms with van der Waals surface area (Å²) >= 11 is 0. The van der Waals surface area contributed by atoms with Crippen LogP contribution in [0.4, 0.5) is 5.95 Å². The number of guanidine groups is 1. The number of aliphatic imine (C=N–C) groups is 1. The van der Waals surface area contributed by atoms with Crippen molar-refractivity contribution in [2.75, 3.05) is 57.3 Å². The summed E-state index contributed by atoms with van der Waals surface area (Å²) in [5, 5.41) is 6.83. The van der Waals surface area contributed by atoms with Gasteiger partial charge in [-0.05, 0) is 31.9 Å². The summed E-state index contributed by atoms with van der Waals surface area (Å²) in [4.78, 5) is 18.2. The number of hydrogen-bond donors (Lipinski definition) is 2. The first kappa shape index (κ1) is 21.4. The minimum absolute atomic E-state index is 0.686. The summed E-state index contributed by atoms with van der Waals surface area (Å²) in [6, 6.07) is 1.86. The Kier molecular flexibility index (Phi) is 9.90. The Hall–Kier alpha value is -1.89. The van der Waals surface area contributed by atoms with Crippen molar-refractivity contribution < 1.29 is 0 Å². The van der Waals surface area contributed by atoms with Gasteiger partial charge < -0.3 is 15.5 Å². The molecule has 1 aliphatic rings. The van der Waals surface area contributed by atoms with Crippen molar-refractivity contribution in [3.8, 4) is 0 Å². The minimum atomic E-state index is 0.686. The van der Waals surface area contributed by atoms with E-state index in [2.05, 4.69) is 51.2 Å². The first-order chi connectivity index (χ1) is 13.3. The first-order valence-corrected chi connectivity index (χ1v) is 10.5. The van der Waals surface area contributed by atoms with Crippen LogP contribution in [-0.2, 0) is 0 Å². The largest absolute Gasteiger partial charge is 0.357 e. The number of rotatable bonds is 10. The maximum absolute atomic E-state index is 4.74. The fourth-order valence-electron chi connectivity index (χ4n) is 3.24. The molecule has 0 atom stereocenters. The van der Waals surface area contributed by atoms with E-state index >= 15 is 0 Å². The van der Waals surface area contributed by atoms with E-state index in [1.54, 1.807) is 0 Å². The highest BCUT2D eigenvalue weighted by molar-refractivity contribution is 5.79. The van der Waals surface area contributed by atoms with Gasteiger partial charge in [-0.1, -0.05) is 26.7 Å². The maximum Gasteiger partial charge on any atom is 0.225 e. The molecule has 1 saturated heterocycles. The molecule has 7 nitrogen and oxygen atoms in total. The predicted molar refractivity (Wildman–Crippen MR) is 113 cm³/mol. The van der Waals surface area contributed by atoms with Crippen molar-refractivity contribution in [3.63, 3.8) is 0 Å². The topological polar surface area (TPSA) is 68.7 Å². The van der Waals surface area contributed by atoms with Gasteiger partial charge in [0.2, 0.25) is 5.95 Å². The quantitative estimate of drug-likeness (QED) is 0.370. The first-order valence-electron chi connectivity index (χ1n) is 10.5. The molecule has 0 radical (unpaired) electrons. The molecule has 0 spiro atoms. The van der Waals surface area contributed by atoms with Crippen LogP contribution in [0.25, 0.3) is 0 Å². The number of piperazine rings is 1. The van der Waals surface area contributed by atoms with E-state index in [-0.39, 0.29) is 0 Å². The van der Waals surface area contributed by atoms with Crippen LogP contribution in [0.15, 0.2) is 23.5 Å². The lowest BCUT2D eigenvalue weighted by Gasteiger charge is -2.34. The molecular formula is C20H37N7. The molecule has 0 amide bonds. The molecule has 1 fully saturated rings. The van der Waals surface area contributed by atoms with Crippen LogP contribution in [0.2, 0.25) is 0 Å². The van der Waals surface area contributed by atoms with Crippen molar-refractivity contribution in [1.82, 2.24) is 25.5 Å². The Morgan fingerprint density at radius 2 is 1.78 bits per heavy atom. The summed E-state index contributed by atoms with van der Waals surface area (Å²) in [6.45, 7) is 14.6. The van der Waals surface area contributed by atoms with Gasteiger partial charge in [0.25, 0.3) is 0 Å². The molecular weight excluding hydrogens is 338 g/mol. The Morgan fingerprint density at radius 1 is 1.07 bits per heavy atom. The second-order valence-corrected chi connectivity index (χ2v) is 7.06. The van der Waals surface area contributed by atoms with E-state index in [1.165, 1.54) is 12.8 Å². The van der Waals surface area contributed by atoms with Gasteiger partial charge in [0.1, 0.15) is 0 Å². The lowest BCUT2D eigenvalue weighted by Crippen LogP contribution is -2.47. The van der Waals surface area contributed by atoms with Crippen LogP contribution in [0.3, 0.4) is 0 Å². The fourth-order valence-corrected chi connectivity index (χ4v) is 3.24. The van der Waals surface area contributed by atoms with Gasteiger partial charge in [-0.2, -0.15) is 0 Å².